The van der Waals surface area contributed by atoms with Crippen LogP contribution in [-0.2, 0) is 0 Å². The largest absolute Gasteiger partial charge is 0.361 e. The molecule has 0 saturated heterocycles. The lowest BCUT2D eigenvalue weighted by molar-refractivity contribution is -0.454. The predicted octanol–water partition coefficient (Wildman–Crippen LogP) is 5.41. The van der Waals surface area contributed by atoms with Crippen LogP contribution in [0.3, 0.4) is 0 Å². The molecule has 0 bridgehead atoms. The highest BCUT2D eigenvalue weighted by Crippen LogP contribution is 2.35. The van der Waals surface area contributed by atoms with Crippen molar-refractivity contribution in [2.45, 2.75) is 171 Å². The summed E-state index contributed by atoms with van der Waals surface area (Å²) >= 11 is 0. The molecule has 1 saturated carbocycles. The Hall–Kier alpha value is -0.240. The molecule has 198 valence electrons. The van der Waals surface area contributed by atoms with Crippen molar-refractivity contribution in [1.82, 2.24) is 0 Å². The first-order chi connectivity index (χ1) is 15.7. The molecule has 0 aliphatic heterocycles. The fourth-order valence-electron chi connectivity index (χ4n) is 4.95. The van der Waals surface area contributed by atoms with Crippen molar-refractivity contribution >= 4 is 0 Å². The SMILES string of the molecule is OC1(O)CCCCCCCCCCCCCCCCCCCCCCCCC(O)(O)C1(O)O. The van der Waals surface area contributed by atoms with Crippen molar-refractivity contribution in [1.29, 1.82) is 0 Å². The minimum atomic E-state index is -3.40. The summed E-state index contributed by atoms with van der Waals surface area (Å²) in [5.74, 6) is -9.34. The van der Waals surface area contributed by atoms with Crippen molar-refractivity contribution in [3.63, 3.8) is 0 Å². The zero-order valence-corrected chi connectivity index (χ0v) is 21.2. The highest BCUT2D eigenvalue weighted by molar-refractivity contribution is 4.93. The van der Waals surface area contributed by atoms with Crippen LogP contribution in [0.2, 0.25) is 0 Å². The quantitative estimate of drug-likeness (QED) is 0.261. The molecule has 0 atom stereocenters. The Morgan fingerprint density at radius 3 is 0.576 bits per heavy atom. The molecule has 0 radical (unpaired) electrons. The Balaban J connectivity index is 2.45. The smallest absolute Gasteiger partial charge is 0.274 e. The van der Waals surface area contributed by atoms with Gasteiger partial charge in [0.25, 0.3) is 5.79 Å². The van der Waals surface area contributed by atoms with E-state index in [2.05, 4.69) is 0 Å². The van der Waals surface area contributed by atoms with Crippen molar-refractivity contribution in [2.75, 3.05) is 0 Å². The molecule has 0 aromatic heterocycles. The third-order valence-corrected chi connectivity index (χ3v) is 7.42. The second-order valence-corrected chi connectivity index (χ2v) is 10.6. The van der Waals surface area contributed by atoms with E-state index in [4.69, 9.17) is 0 Å². The maximum Gasteiger partial charge on any atom is 0.274 e. The summed E-state index contributed by atoms with van der Waals surface area (Å²) in [5, 5.41) is 61.3. The number of hydrogen-bond donors (Lipinski definition) is 6. The molecule has 6 heteroatoms. The zero-order chi connectivity index (χ0) is 24.5. The molecule has 0 spiro atoms. The lowest BCUT2D eigenvalue weighted by atomic mass is 9.88. The van der Waals surface area contributed by atoms with E-state index in [1.165, 1.54) is 89.9 Å². The van der Waals surface area contributed by atoms with Crippen molar-refractivity contribution in [2.24, 2.45) is 0 Å². The van der Waals surface area contributed by atoms with Crippen LogP contribution in [-0.4, -0.2) is 48.0 Å². The molecule has 1 aliphatic carbocycles. The highest BCUT2D eigenvalue weighted by Gasteiger charge is 2.60. The summed E-state index contributed by atoms with van der Waals surface area (Å²) in [7, 11) is 0. The minimum Gasteiger partial charge on any atom is -0.361 e. The number of hydrogen-bond acceptors (Lipinski definition) is 6. The van der Waals surface area contributed by atoms with Crippen molar-refractivity contribution in [3.8, 4) is 0 Å². The highest BCUT2D eigenvalue weighted by atomic mass is 16.7. The van der Waals surface area contributed by atoms with E-state index in [9.17, 15) is 30.6 Å². The topological polar surface area (TPSA) is 121 Å². The Kier molecular flexibility index (Phi) is 16.1. The van der Waals surface area contributed by atoms with Crippen LogP contribution >= 0.6 is 0 Å². The second kappa shape index (κ2) is 17.2. The molecule has 33 heavy (non-hydrogen) atoms. The molecule has 0 unspecified atom stereocenters. The van der Waals surface area contributed by atoms with Gasteiger partial charge in [0.2, 0.25) is 11.6 Å². The zero-order valence-electron chi connectivity index (χ0n) is 21.2. The molecule has 0 heterocycles. The van der Waals surface area contributed by atoms with Crippen molar-refractivity contribution in [3.05, 3.63) is 0 Å². The van der Waals surface area contributed by atoms with E-state index < -0.39 is 17.4 Å². The Morgan fingerprint density at radius 2 is 0.394 bits per heavy atom. The van der Waals surface area contributed by atoms with E-state index in [-0.39, 0.29) is 12.8 Å². The maximum absolute atomic E-state index is 10.2. The van der Waals surface area contributed by atoms with Crippen LogP contribution in [0.1, 0.15) is 154 Å². The fraction of sp³-hybridized carbons (Fsp3) is 1.00. The van der Waals surface area contributed by atoms with Gasteiger partial charge in [0.15, 0.2) is 0 Å². The minimum absolute atomic E-state index is 0.317. The second-order valence-electron chi connectivity index (χ2n) is 10.6. The number of aliphatic hydroxyl groups is 6. The van der Waals surface area contributed by atoms with Crippen LogP contribution < -0.4 is 0 Å². The molecule has 1 rings (SSSR count). The molecule has 1 fully saturated rings. The van der Waals surface area contributed by atoms with E-state index in [1.54, 1.807) is 0 Å². The summed E-state index contributed by atoms with van der Waals surface area (Å²) in [6.07, 6.45) is 23.8. The van der Waals surface area contributed by atoms with Gasteiger partial charge < -0.3 is 30.6 Å². The summed E-state index contributed by atoms with van der Waals surface area (Å²) < 4.78 is 0. The maximum atomic E-state index is 10.2. The van der Waals surface area contributed by atoms with Gasteiger partial charge in [0.05, 0.1) is 0 Å². The third-order valence-electron chi connectivity index (χ3n) is 7.42. The third kappa shape index (κ3) is 12.9. The van der Waals surface area contributed by atoms with Gasteiger partial charge in [-0.05, 0) is 12.8 Å². The monoisotopic (exact) mass is 474 g/mol. The van der Waals surface area contributed by atoms with Gasteiger partial charge >= 0.3 is 0 Å². The normalized spacial score (nSPS) is 26.7. The van der Waals surface area contributed by atoms with Gasteiger partial charge in [-0.1, -0.05) is 128 Å². The van der Waals surface area contributed by atoms with Gasteiger partial charge in [-0.25, -0.2) is 0 Å². The molecular weight excluding hydrogens is 420 g/mol. The Labute approximate surface area is 202 Å². The van der Waals surface area contributed by atoms with Crippen LogP contribution in [0.4, 0.5) is 0 Å². The Morgan fingerprint density at radius 1 is 0.242 bits per heavy atom. The molecule has 1 aliphatic rings. The van der Waals surface area contributed by atoms with E-state index >= 15 is 0 Å². The average Bonchev–Trinajstić information content (AvgIpc) is 2.75. The predicted molar refractivity (Wildman–Crippen MR) is 132 cm³/mol. The van der Waals surface area contributed by atoms with Gasteiger partial charge in [-0.2, -0.15) is 0 Å². The first-order valence-corrected chi connectivity index (χ1v) is 14.0. The summed E-state index contributed by atoms with van der Waals surface area (Å²) in [5.41, 5.74) is 0. The summed E-state index contributed by atoms with van der Waals surface area (Å²) in [4.78, 5) is 0. The van der Waals surface area contributed by atoms with E-state index in [1.807, 2.05) is 0 Å². The van der Waals surface area contributed by atoms with Crippen LogP contribution in [0.15, 0.2) is 0 Å². The van der Waals surface area contributed by atoms with Gasteiger partial charge in [0.1, 0.15) is 0 Å². The molecule has 6 N–H and O–H groups in total. The summed E-state index contributed by atoms with van der Waals surface area (Å²) in [6.45, 7) is 0. The van der Waals surface area contributed by atoms with Gasteiger partial charge in [-0.15, -0.1) is 0 Å². The first kappa shape index (κ1) is 30.8. The van der Waals surface area contributed by atoms with E-state index in [0.717, 1.165) is 38.5 Å². The first-order valence-electron chi connectivity index (χ1n) is 14.0. The molecule has 0 amide bonds. The molecule has 0 aromatic carbocycles. The standard InChI is InChI=1S/C27H54O6/c28-25(29)23-21-19-17-15-13-11-9-7-5-3-1-2-4-6-8-10-12-14-16-18-20-22-24-26(30,31)27(25,32)33/h28-33H,1-24H2. The fourth-order valence-corrected chi connectivity index (χ4v) is 4.95. The van der Waals surface area contributed by atoms with E-state index in [0.29, 0.717) is 12.8 Å². The van der Waals surface area contributed by atoms with Gasteiger partial charge in [0, 0.05) is 12.8 Å². The van der Waals surface area contributed by atoms with Crippen LogP contribution in [0.25, 0.3) is 0 Å². The Bertz CT molecular complexity index is 424. The van der Waals surface area contributed by atoms with Crippen LogP contribution in [0, 0.1) is 0 Å². The van der Waals surface area contributed by atoms with Crippen molar-refractivity contribution < 1.29 is 30.6 Å². The average molecular weight is 475 g/mol. The lowest BCUT2D eigenvalue weighted by Crippen LogP contribution is -2.68. The number of rotatable bonds is 0. The summed E-state index contributed by atoms with van der Waals surface area (Å²) in [6, 6.07) is 0. The van der Waals surface area contributed by atoms with Crippen LogP contribution in [0.5, 0.6) is 0 Å². The molecule has 0 aromatic rings. The molecule has 6 nitrogen and oxygen atoms in total. The molecular formula is C27H54O6. The van der Waals surface area contributed by atoms with Gasteiger partial charge in [-0.3, -0.25) is 0 Å². The lowest BCUT2D eigenvalue weighted by Gasteiger charge is -2.43.